The number of nitrogens with zero attached hydrogens (tertiary/aromatic N) is 3. The predicted molar refractivity (Wildman–Crippen MR) is 68.7 cm³/mol. The fraction of sp³-hybridized carbons (Fsp3) is 0.300. The van der Waals surface area contributed by atoms with Crippen molar-refractivity contribution >= 4 is 22.2 Å². The van der Waals surface area contributed by atoms with Crippen LogP contribution in [-0.2, 0) is 19.6 Å². The van der Waals surface area contributed by atoms with Gasteiger partial charge in [-0.1, -0.05) is 5.22 Å². The van der Waals surface area contributed by atoms with E-state index in [4.69, 9.17) is 9.88 Å². The Balaban J connectivity index is 3.03. The minimum absolute atomic E-state index is 0.0931. The number of rotatable bonds is 7. The van der Waals surface area contributed by atoms with E-state index in [-0.39, 0.29) is 23.8 Å². The van der Waals surface area contributed by atoms with Crippen LogP contribution in [0.3, 0.4) is 0 Å². The molecule has 10 heteroatoms. The van der Waals surface area contributed by atoms with Crippen LogP contribution in [0.4, 0.5) is 5.69 Å². The molecule has 110 valence electrons. The van der Waals surface area contributed by atoms with Gasteiger partial charge in [0.1, 0.15) is 11.4 Å². The highest BCUT2D eigenvalue weighted by molar-refractivity contribution is 7.89. The number of benzene rings is 1. The Morgan fingerprint density at radius 3 is 2.70 bits per heavy atom. The second-order valence-electron chi connectivity index (χ2n) is 3.62. The Morgan fingerprint density at radius 1 is 1.45 bits per heavy atom. The summed E-state index contributed by atoms with van der Waals surface area (Å²) in [5.74, 6) is 0.325. The minimum atomic E-state index is -3.84. The highest BCUT2D eigenvalue weighted by Crippen LogP contribution is 2.30. The molecule has 0 aliphatic heterocycles. The number of nitrogens with two attached hydrogens (primary N) is 1. The second-order valence-corrected chi connectivity index (χ2v) is 5.18. The molecule has 0 aliphatic carbocycles. The molecular weight excluding hydrogens is 288 g/mol. The SMILES string of the molecule is COc1ccc(S(N)(=O)=O)cc1/N=N/N(C)COC=O. The zero-order valence-electron chi connectivity index (χ0n) is 10.9. The van der Waals surface area contributed by atoms with Gasteiger partial charge in [-0.2, -0.15) is 0 Å². The first-order valence-electron chi connectivity index (χ1n) is 5.27. The molecule has 20 heavy (non-hydrogen) atoms. The number of sulfonamides is 1. The van der Waals surface area contributed by atoms with Gasteiger partial charge < -0.3 is 9.47 Å². The summed E-state index contributed by atoms with van der Waals surface area (Å²) in [6.07, 6.45) is 0. The Morgan fingerprint density at radius 2 is 2.15 bits per heavy atom. The molecular formula is C10H14N4O5S. The van der Waals surface area contributed by atoms with Gasteiger partial charge in [-0.3, -0.25) is 4.79 Å². The van der Waals surface area contributed by atoms with Crippen LogP contribution in [0.15, 0.2) is 33.4 Å². The summed E-state index contributed by atoms with van der Waals surface area (Å²) in [6, 6.07) is 3.94. The van der Waals surface area contributed by atoms with Crippen LogP contribution in [0.5, 0.6) is 5.75 Å². The third-order valence-corrected chi connectivity index (χ3v) is 3.02. The molecule has 2 N–H and O–H groups in total. The van der Waals surface area contributed by atoms with Gasteiger partial charge in [0.2, 0.25) is 10.0 Å². The van der Waals surface area contributed by atoms with E-state index >= 15 is 0 Å². The van der Waals surface area contributed by atoms with Crippen LogP contribution in [0, 0.1) is 0 Å². The van der Waals surface area contributed by atoms with Crippen LogP contribution >= 0.6 is 0 Å². The first kappa shape index (κ1) is 15.9. The van der Waals surface area contributed by atoms with Crippen molar-refractivity contribution < 1.29 is 22.7 Å². The van der Waals surface area contributed by atoms with Gasteiger partial charge in [-0.25, -0.2) is 18.6 Å². The average molecular weight is 302 g/mol. The van der Waals surface area contributed by atoms with Crippen molar-refractivity contribution in [3.8, 4) is 5.75 Å². The van der Waals surface area contributed by atoms with Crippen molar-refractivity contribution in [1.82, 2.24) is 5.01 Å². The molecule has 0 unspecified atom stereocenters. The number of methoxy groups -OCH3 is 1. The molecule has 0 saturated carbocycles. The lowest BCUT2D eigenvalue weighted by molar-refractivity contribution is -0.132. The summed E-state index contributed by atoms with van der Waals surface area (Å²) in [5, 5.41) is 13.8. The lowest BCUT2D eigenvalue weighted by Gasteiger charge is -2.09. The van der Waals surface area contributed by atoms with Crippen molar-refractivity contribution in [2.24, 2.45) is 15.5 Å². The monoisotopic (exact) mass is 302 g/mol. The van der Waals surface area contributed by atoms with Crippen molar-refractivity contribution in [3.63, 3.8) is 0 Å². The molecule has 0 aromatic heterocycles. The van der Waals surface area contributed by atoms with E-state index in [2.05, 4.69) is 15.1 Å². The molecule has 0 bridgehead atoms. The van der Waals surface area contributed by atoms with Crippen LogP contribution in [-0.4, -0.2) is 40.8 Å². The Labute approximate surface area is 116 Å². The fourth-order valence-electron chi connectivity index (χ4n) is 1.21. The highest BCUT2D eigenvalue weighted by atomic mass is 32.2. The Hall–Kier alpha value is -2.20. The van der Waals surface area contributed by atoms with E-state index < -0.39 is 10.0 Å². The first-order valence-corrected chi connectivity index (χ1v) is 6.82. The summed E-state index contributed by atoms with van der Waals surface area (Å²) >= 11 is 0. The van der Waals surface area contributed by atoms with Crippen molar-refractivity contribution in [2.75, 3.05) is 20.9 Å². The lowest BCUT2D eigenvalue weighted by Crippen LogP contribution is -2.14. The zero-order valence-corrected chi connectivity index (χ0v) is 11.7. The molecule has 1 rings (SSSR count). The second kappa shape index (κ2) is 6.82. The standard InChI is InChI=1S/C10H14N4O5S/c1-14(6-19-7-15)13-12-9-5-8(20(11,16)17)3-4-10(9)18-2/h3-5,7H,6H2,1-2H3,(H2,11,16,17)/b13-12+. The summed E-state index contributed by atoms with van der Waals surface area (Å²) in [4.78, 5) is 9.91. The normalized spacial score (nSPS) is 11.3. The summed E-state index contributed by atoms with van der Waals surface area (Å²) < 4.78 is 32.0. The van der Waals surface area contributed by atoms with Crippen LogP contribution in [0.1, 0.15) is 0 Å². The molecule has 0 amide bonds. The van der Waals surface area contributed by atoms with Crippen LogP contribution in [0.2, 0.25) is 0 Å². The van der Waals surface area contributed by atoms with Gasteiger partial charge in [0.05, 0.1) is 12.0 Å². The van der Waals surface area contributed by atoms with E-state index in [0.717, 1.165) is 0 Å². The Bertz CT molecular complexity index is 602. The van der Waals surface area contributed by atoms with Crippen LogP contribution in [0.25, 0.3) is 0 Å². The third kappa shape index (κ3) is 4.48. The molecule has 0 aliphatic rings. The van der Waals surface area contributed by atoms with Gasteiger partial charge in [0.25, 0.3) is 6.47 Å². The number of hydrogen-bond acceptors (Lipinski definition) is 7. The fourth-order valence-corrected chi connectivity index (χ4v) is 1.75. The molecule has 1 aromatic carbocycles. The van der Waals surface area contributed by atoms with E-state index in [0.29, 0.717) is 5.75 Å². The molecule has 0 fully saturated rings. The molecule has 0 saturated heterocycles. The molecule has 1 aromatic rings. The van der Waals surface area contributed by atoms with Crippen molar-refractivity contribution in [2.45, 2.75) is 4.90 Å². The third-order valence-electron chi connectivity index (χ3n) is 2.11. The van der Waals surface area contributed by atoms with E-state index in [1.807, 2.05) is 0 Å². The molecule has 0 heterocycles. The average Bonchev–Trinajstić information content (AvgIpc) is 2.41. The number of carbonyl (C=O) groups is 1. The van der Waals surface area contributed by atoms with Gasteiger partial charge in [0.15, 0.2) is 6.73 Å². The zero-order chi connectivity index (χ0) is 15.2. The molecule has 0 atom stereocenters. The topological polar surface area (TPSA) is 124 Å². The predicted octanol–water partition coefficient (Wildman–Crippen LogP) is 0.404. The maximum Gasteiger partial charge on any atom is 0.294 e. The minimum Gasteiger partial charge on any atom is -0.494 e. The van der Waals surface area contributed by atoms with Crippen LogP contribution < -0.4 is 9.88 Å². The first-order chi connectivity index (χ1) is 9.38. The van der Waals surface area contributed by atoms with E-state index in [9.17, 15) is 13.2 Å². The van der Waals surface area contributed by atoms with E-state index in [1.165, 1.54) is 37.4 Å². The van der Waals surface area contributed by atoms with Gasteiger partial charge in [-0.05, 0) is 18.2 Å². The lowest BCUT2D eigenvalue weighted by atomic mass is 10.3. The maximum atomic E-state index is 11.3. The van der Waals surface area contributed by atoms with Gasteiger partial charge in [-0.15, -0.1) is 5.11 Å². The van der Waals surface area contributed by atoms with E-state index in [1.54, 1.807) is 0 Å². The number of primary sulfonamides is 1. The maximum absolute atomic E-state index is 11.3. The smallest absolute Gasteiger partial charge is 0.294 e. The molecule has 0 spiro atoms. The number of carbonyl (C=O) groups excluding carboxylic acids is 1. The molecule has 0 radical (unpaired) electrons. The summed E-state index contributed by atoms with van der Waals surface area (Å²) in [5.41, 5.74) is 0.178. The highest BCUT2D eigenvalue weighted by Gasteiger charge is 2.12. The summed E-state index contributed by atoms with van der Waals surface area (Å²) in [6.45, 7) is 0.179. The summed E-state index contributed by atoms with van der Waals surface area (Å²) in [7, 11) is -0.921. The number of hydrogen-bond donors (Lipinski definition) is 1. The van der Waals surface area contributed by atoms with Crippen molar-refractivity contribution in [1.29, 1.82) is 0 Å². The van der Waals surface area contributed by atoms with Crippen molar-refractivity contribution in [3.05, 3.63) is 18.2 Å². The van der Waals surface area contributed by atoms with Gasteiger partial charge >= 0.3 is 0 Å². The molecule has 9 nitrogen and oxygen atoms in total. The quantitative estimate of drug-likeness (QED) is 0.336. The largest absolute Gasteiger partial charge is 0.494 e. The Kier molecular flexibility index (Phi) is 5.41. The van der Waals surface area contributed by atoms with Gasteiger partial charge in [0, 0.05) is 7.05 Å². The number of ether oxygens (including phenoxy) is 2.